The zero-order chi connectivity index (χ0) is 47.3. The van der Waals surface area contributed by atoms with E-state index in [1.165, 1.54) is 21.9 Å². The molecule has 12 rings (SSSR count). The Balaban J connectivity index is 1.23. The molecule has 0 radical (unpaired) electrons. The highest BCUT2D eigenvalue weighted by Gasteiger charge is 2.26. The van der Waals surface area contributed by atoms with E-state index in [0.717, 1.165) is 94.9 Å². The van der Waals surface area contributed by atoms with Gasteiger partial charge in [-0.2, -0.15) is 10.5 Å². The molecule has 0 bridgehead atoms. The molecule has 0 aliphatic carbocycles. The van der Waals surface area contributed by atoms with Crippen LogP contribution in [0.4, 0.5) is 28.4 Å². The molecular formula is C64H44N6. The second-order valence-electron chi connectivity index (χ2n) is 17.8. The first kappa shape index (κ1) is 41.8. The van der Waals surface area contributed by atoms with Crippen LogP contribution in [0.5, 0.6) is 0 Å². The van der Waals surface area contributed by atoms with Crippen LogP contribution in [-0.2, 0) is 0 Å². The highest BCUT2D eigenvalue weighted by molar-refractivity contribution is 6.14. The van der Waals surface area contributed by atoms with Gasteiger partial charge in [0.1, 0.15) is 0 Å². The van der Waals surface area contributed by atoms with Crippen LogP contribution >= 0.6 is 0 Å². The smallest absolute Gasteiger partial charge is 0.0998 e. The van der Waals surface area contributed by atoms with Gasteiger partial charge in [-0.15, -0.1) is 0 Å². The molecule has 6 nitrogen and oxygen atoms in total. The summed E-state index contributed by atoms with van der Waals surface area (Å²) in [6.07, 6.45) is 0. The molecule has 0 saturated heterocycles. The Morgan fingerprint density at radius 2 is 0.814 bits per heavy atom. The number of para-hydroxylation sites is 3. The molecule has 0 amide bonds. The molecule has 0 saturated carbocycles. The summed E-state index contributed by atoms with van der Waals surface area (Å²) in [6.45, 7) is 4.27. The number of hydrogen-bond acceptors (Lipinski definition) is 4. The Kier molecular flexibility index (Phi) is 10.3. The normalized spacial score (nSPS) is 11.3. The van der Waals surface area contributed by atoms with Crippen molar-refractivity contribution in [3.05, 3.63) is 247 Å². The third-order valence-electron chi connectivity index (χ3n) is 13.4. The van der Waals surface area contributed by atoms with Gasteiger partial charge in [0.15, 0.2) is 0 Å². The van der Waals surface area contributed by atoms with Crippen LogP contribution in [0.2, 0.25) is 0 Å². The van der Waals surface area contributed by atoms with Crippen molar-refractivity contribution in [2.24, 2.45) is 0 Å². The van der Waals surface area contributed by atoms with Crippen molar-refractivity contribution in [2.45, 2.75) is 13.8 Å². The lowest BCUT2D eigenvalue weighted by Gasteiger charge is -2.26. The van der Waals surface area contributed by atoms with E-state index in [9.17, 15) is 10.5 Å². The third-order valence-corrected chi connectivity index (χ3v) is 13.4. The fourth-order valence-corrected chi connectivity index (χ4v) is 10.3. The van der Waals surface area contributed by atoms with Gasteiger partial charge < -0.3 is 19.4 Å². The molecular weight excluding hydrogens is 853 g/mol. The van der Waals surface area contributed by atoms with Crippen LogP contribution in [0, 0.1) is 36.5 Å². The standard InChI is InChI=1S/C64H44N6/c1-42-26-30-60-54(34-42)55-35-43(2)27-31-61(55)69(60)51-38-58(52-24-14-12-16-44(52)40-65)64(59(39-51)53-25-15-13-17-45(53)41-66)70-62-32-28-47(67-46-18-6-3-7-19-46)36-56(62)57-37-50(29-33-63(57)70)68(48-20-8-4-9-21-48)49-22-10-5-11-23-49/h3-39,67H,1-2H3. The predicted octanol–water partition coefficient (Wildman–Crippen LogP) is 16.8. The lowest BCUT2D eigenvalue weighted by Crippen LogP contribution is -2.09. The van der Waals surface area contributed by atoms with E-state index in [1.54, 1.807) is 0 Å². The van der Waals surface area contributed by atoms with Crippen LogP contribution in [0.1, 0.15) is 22.3 Å². The molecule has 70 heavy (non-hydrogen) atoms. The lowest BCUT2D eigenvalue weighted by molar-refractivity contribution is 1.15. The number of anilines is 5. The molecule has 2 heterocycles. The summed E-state index contributed by atoms with van der Waals surface area (Å²) in [5.74, 6) is 0. The molecule has 330 valence electrons. The zero-order valence-corrected chi connectivity index (χ0v) is 38.6. The molecule has 6 heteroatoms. The quantitative estimate of drug-likeness (QED) is 0.157. The fraction of sp³-hybridized carbons (Fsp3) is 0.0312. The van der Waals surface area contributed by atoms with Crippen LogP contribution in [0.25, 0.3) is 77.2 Å². The summed E-state index contributed by atoms with van der Waals surface area (Å²) in [4.78, 5) is 2.29. The third kappa shape index (κ3) is 7.11. The van der Waals surface area contributed by atoms with Gasteiger partial charge in [-0.3, -0.25) is 0 Å². The number of benzene rings is 10. The van der Waals surface area contributed by atoms with Crippen LogP contribution in [0.3, 0.4) is 0 Å². The van der Waals surface area contributed by atoms with Gasteiger partial charge in [0.05, 0.1) is 51.0 Å². The highest BCUT2D eigenvalue weighted by Crippen LogP contribution is 2.47. The number of rotatable bonds is 9. The van der Waals surface area contributed by atoms with Gasteiger partial charge in [-0.05, 0) is 135 Å². The second-order valence-corrected chi connectivity index (χ2v) is 17.8. The van der Waals surface area contributed by atoms with E-state index in [1.807, 2.05) is 78.9 Å². The maximum Gasteiger partial charge on any atom is 0.0998 e. The topological polar surface area (TPSA) is 72.7 Å². The van der Waals surface area contributed by atoms with E-state index in [4.69, 9.17) is 0 Å². The Hall–Kier alpha value is -9.62. The van der Waals surface area contributed by atoms with E-state index >= 15 is 0 Å². The van der Waals surface area contributed by atoms with E-state index < -0.39 is 0 Å². The number of aryl methyl sites for hydroxylation is 2. The van der Waals surface area contributed by atoms with Crippen molar-refractivity contribution in [2.75, 3.05) is 10.2 Å². The molecule has 0 aliphatic heterocycles. The number of hydrogen-bond donors (Lipinski definition) is 1. The minimum Gasteiger partial charge on any atom is -0.356 e. The van der Waals surface area contributed by atoms with Gasteiger partial charge in [-0.1, -0.05) is 114 Å². The first-order chi connectivity index (χ1) is 34.4. The van der Waals surface area contributed by atoms with E-state index in [0.29, 0.717) is 11.1 Å². The molecule has 0 aliphatic rings. The van der Waals surface area contributed by atoms with Gasteiger partial charge in [0.25, 0.3) is 0 Å². The van der Waals surface area contributed by atoms with Crippen molar-refractivity contribution < 1.29 is 0 Å². The van der Waals surface area contributed by atoms with Crippen LogP contribution < -0.4 is 10.2 Å². The second kappa shape index (κ2) is 17.2. The summed E-state index contributed by atoms with van der Waals surface area (Å²) in [5, 5.41) is 29.9. The molecule has 0 atom stereocenters. The van der Waals surface area contributed by atoms with Crippen LogP contribution in [-0.4, -0.2) is 9.13 Å². The maximum atomic E-state index is 10.9. The average Bonchev–Trinajstić information content (AvgIpc) is 3.90. The number of fused-ring (bicyclic) bond motifs is 6. The first-order valence-corrected chi connectivity index (χ1v) is 23.5. The van der Waals surface area contributed by atoms with Crippen LogP contribution in [0.15, 0.2) is 224 Å². The predicted molar refractivity (Wildman–Crippen MR) is 289 cm³/mol. The number of nitrogens with one attached hydrogen (secondary N) is 1. The first-order valence-electron chi connectivity index (χ1n) is 23.5. The lowest BCUT2D eigenvalue weighted by atomic mass is 9.90. The Morgan fingerprint density at radius 3 is 1.36 bits per heavy atom. The average molecular weight is 897 g/mol. The van der Waals surface area contributed by atoms with Gasteiger partial charge in [0.2, 0.25) is 0 Å². The molecule has 0 unspecified atom stereocenters. The van der Waals surface area contributed by atoms with Crippen molar-refractivity contribution in [3.63, 3.8) is 0 Å². The van der Waals surface area contributed by atoms with Gasteiger partial charge >= 0.3 is 0 Å². The van der Waals surface area contributed by atoms with E-state index in [-0.39, 0.29) is 0 Å². The van der Waals surface area contributed by atoms with Crippen molar-refractivity contribution in [3.8, 4) is 45.8 Å². The Morgan fingerprint density at radius 1 is 0.371 bits per heavy atom. The van der Waals surface area contributed by atoms with E-state index in [2.05, 4.69) is 191 Å². The minimum absolute atomic E-state index is 0.549. The minimum atomic E-state index is 0.549. The monoisotopic (exact) mass is 896 g/mol. The largest absolute Gasteiger partial charge is 0.356 e. The van der Waals surface area contributed by atoms with Crippen molar-refractivity contribution in [1.29, 1.82) is 10.5 Å². The molecule has 0 fully saturated rings. The summed E-state index contributed by atoms with van der Waals surface area (Å²) in [6, 6.07) is 83.0. The summed E-state index contributed by atoms with van der Waals surface area (Å²) in [5.41, 5.74) is 17.6. The summed E-state index contributed by atoms with van der Waals surface area (Å²) >= 11 is 0. The molecule has 2 aromatic heterocycles. The molecule has 0 spiro atoms. The number of nitrogens with zero attached hydrogens (tertiary/aromatic N) is 5. The zero-order valence-electron chi connectivity index (χ0n) is 38.6. The van der Waals surface area contributed by atoms with Crippen molar-refractivity contribution >= 4 is 72.0 Å². The molecule has 10 aromatic carbocycles. The van der Waals surface area contributed by atoms with Crippen molar-refractivity contribution in [1.82, 2.24) is 9.13 Å². The highest BCUT2D eigenvalue weighted by atomic mass is 15.1. The van der Waals surface area contributed by atoms with Gasteiger partial charge in [-0.25, -0.2) is 0 Å². The molecule has 12 aromatic rings. The Labute approximate surface area is 406 Å². The molecule has 1 N–H and O–H groups in total. The summed E-state index contributed by atoms with van der Waals surface area (Å²) < 4.78 is 4.69. The maximum absolute atomic E-state index is 10.9. The summed E-state index contributed by atoms with van der Waals surface area (Å²) in [7, 11) is 0. The SMILES string of the molecule is Cc1ccc2c(c1)c1cc(C)ccc1n2-c1cc(-c2ccccc2C#N)c(-n2c3ccc(Nc4ccccc4)cc3c3cc(N(c4ccccc4)c4ccccc4)ccc32)c(-c2ccccc2C#N)c1. The number of aromatic nitrogens is 2. The number of nitriles is 2. The fourth-order valence-electron chi connectivity index (χ4n) is 10.3. The van der Waals surface area contributed by atoms with Gasteiger partial charge in [0, 0.05) is 77.9 Å². The Bertz CT molecular complexity index is 3900.